The smallest absolute Gasteiger partial charge is 0.227 e. The zero-order chi connectivity index (χ0) is 16.9. The fourth-order valence-electron chi connectivity index (χ4n) is 4.47. The first-order valence-electron chi connectivity index (χ1n) is 9.32. The molecule has 0 radical (unpaired) electrons. The molecule has 0 bridgehead atoms. The van der Waals surface area contributed by atoms with Crippen LogP contribution in [0.25, 0.3) is 11.0 Å². The molecule has 25 heavy (non-hydrogen) atoms. The molecule has 1 unspecified atom stereocenters. The van der Waals surface area contributed by atoms with E-state index in [0.717, 1.165) is 75.3 Å². The highest BCUT2D eigenvalue weighted by Crippen LogP contribution is 2.46. The number of aromatic amines is 1. The second kappa shape index (κ2) is 5.69. The van der Waals surface area contributed by atoms with E-state index in [1.165, 1.54) is 0 Å². The Morgan fingerprint density at radius 1 is 1.28 bits per heavy atom. The number of hydrogen-bond acceptors (Lipinski definition) is 5. The first kappa shape index (κ1) is 15.1. The van der Waals surface area contributed by atoms with Gasteiger partial charge in [-0.1, -0.05) is 0 Å². The maximum Gasteiger partial charge on any atom is 0.227 e. The number of carbonyl (C=O) groups is 1. The molecule has 1 atom stereocenters. The Balaban J connectivity index is 1.37. The zero-order valence-electron chi connectivity index (χ0n) is 14.4. The Bertz CT molecular complexity index is 792. The minimum Gasteiger partial charge on any atom is -0.352 e. The van der Waals surface area contributed by atoms with Gasteiger partial charge in [0.15, 0.2) is 0 Å². The molecular weight excluding hydrogens is 316 g/mol. The number of nitrogens with one attached hydrogen (secondary N) is 2. The first-order chi connectivity index (χ1) is 12.3. The topological polar surface area (TPSA) is 77.2 Å². The van der Waals surface area contributed by atoms with Crippen molar-refractivity contribution in [2.45, 2.75) is 31.2 Å². The van der Waals surface area contributed by atoms with Gasteiger partial charge in [-0.3, -0.25) is 4.79 Å². The normalized spacial score (nSPS) is 25.5. The maximum atomic E-state index is 13.1. The zero-order valence-corrected chi connectivity index (χ0v) is 14.4. The van der Waals surface area contributed by atoms with Crippen LogP contribution in [0.3, 0.4) is 0 Å². The first-order valence-corrected chi connectivity index (χ1v) is 9.32. The summed E-state index contributed by atoms with van der Waals surface area (Å²) < 4.78 is 0. The lowest BCUT2D eigenvalue weighted by Crippen LogP contribution is -2.59. The quantitative estimate of drug-likeness (QED) is 0.857. The van der Waals surface area contributed by atoms with Gasteiger partial charge in [-0.2, -0.15) is 0 Å². The van der Waals surface area contributed by atoms with Gasteiger partial charge in [0.05, 0.1) is 16.8 Å². The average Bonchev–Trinajstić information content (AvgIpc) is 3.24. The largest absolute Gasteiger partial charge is 0.352 e. The highest BCUT2D eigenvalue weighted by atomic mass is 16.2. The SMILES string of the molecule is O=C(C1CCCNC1)N1CCN(c2ncnc3[nH]ccc23)CC12CC2. The van der Waals surface area contributed by atoms with E-state index < -0.39 is 0 Å². The number of piperidine rings is 1. The molecule has 2 aromatic rings. The molecule has 1 saturated carbocycles. The molecule has 4 heterocycles. The van der Waals surface area contributed by atoms with Crippen LogP contribution >= 0.6 is 0 Å². The van der Waals surface area contributed by atoms with Crippen LogP contribution < -0.4 is 10.2 Å². The summed E-state index contributed by atoms with van der Waals surface area (Å²) in [6, 6.07) is 2.04. The van der Waals surface area contributed by atoms with Crippen molar-refractivity contribution in [2.24, 2.45) is 5.92 Å². The molecule has 1 spiro atoms. The van der Waals surface area contributed by atoms with Crippen molar-refractivity contribution < 1.29 is 4.79 Å². The van der Waals surface area contributed by atoms with Gasteiger partial charge in [-0.15, -0.1) is 0 Å². The molecule has 2 aromatic heterocycles. The van der Waals surface area contributed by atoms with E-state index in [-0.39, 0.29) is 11.5 Å². The van der Waals surface area contributed by atoms with Crippen molar-refractivity contribution >= 4 is 22.8 Å². The van der Waals surface area contributed by atoms with E-state index in [2.05, 4.69) is 30.1 Å². The van der Waals surface area contributed by atoms with Gasteiger partial charge in [0.25, 0.3) is 0 Å². The fraction of sp³-hybridized carbons (Fsp3) is 0.611. The summed E-state index contributed by atoms with van der Waals surface area (Å²) in [6.45, 7) is 4.40. The molecule has 2 saturated heterocycles. The number of amides is 1. The summed E-state index contributed by atoms with van der Waals surface area (Å²) in [5, 5.41) is 4.44. The second-order valence-corrected chi connectivity index (χ2v) is 7.62. The molecule has 2 aliphatic heterocycles. The summed E-state index contributed by atoms with van der Waals surface area (Å²) in [5.74, 6) is 1.51. The van der Waals surface area contributed by atoms with Crippen LogP contribution in [0.4, 0.5) is 5.82 Å². The molecule has 7 heteroatoms. The van der Waals surface area contributed by atoms with Crippen molar-refractivity contribution in [3.05, 3.63) is 18.6 Å². The van der Waals surface area contributed by atoms with Crippen molar-refractivity contribution in [3.63, 3.8) is 0 Å². The molecule has 1 amide bonds. The number of nitrogens with zero attached hydrogens (tertiary/aromatic N) is 4. The number of hydrogen-bond donors (Lipinski definition) is 2. The van der Waals surface area contributed by atoms with Crippen molar-refractivity contribution in [1.29, 1.82) is 0 Å². The van der Waals surface area contributed by atoms with E-state index in [9.17, 15) is 4.79 Å². The van der Waals surface area contributed by atoms with E-state index >= 15 is 0 Å². The Morgan fingerprint density at radius 3 is 3.00 bits per heavy atom. The lowest BCUT2D eigenvalue weighted by Gasteiger charge is -2.44. The molecular formula is C18H24N6O. The molecule has 0 aromatic carbocycles. The van der Waals surface area contributed by atoms with Crippen LogP contribution in [0.2, 0.25) is 0 Å². The van der Waals surface area contributed by atoms with Gasteiger partial charge in [0.1, 0.15) is 17.8 Å². The van der Waals surface area contributed by atoms with Gasteiger partial charge in [-0.25, -0.2) is 9.97 Å². The number of piperazine rings is 1. The average molecular weight is 340 g/mol. The lowest BCUT2D eigenvalue weighted by molar-refractivity contribution is -0.139. The Labute approximate surface area is 146 Å². The minimum absolute atomic E-state index is 0.0281. The van der Waals surface area contributed by atoms with Crippen LogP contribution in [0.1, 0.15) is 25.7 Å². The summed E-state index contributed by atoms with van der Waals surface area (Å²) in [5.41, 5.74) is 0.905. The van der Waals surface area contributed by atoms with Gasteiger partial charge in [-0.05, 0) is 38.3 Å². The van der Waals surface area contributed by atoms with Crippen molar-refractivity contribution in [1.82, 2.24) is 25.2 Å². The van der Waals surface area contributed by atoms with Gasteiger partial charge in [0, 0.05) is 32.4 Å². The number of rotatable bonds is 2. The number of fused-ring (bicyclic) bond motifs is 1. The van der Waals surface area contributed by atoms with Gasteiger partial charge >= 0.3 is 0 Å². The number of H-pyrrole nitrogens is 1. The summed E-state index contributed by atoms with van der Waals surface area (Å²) >= 11 is 0. The molecule has 7 nitrogen and oxygen atoms in total. The van der Waals surface area contributed by atoms with Crippen LogP contribution in [0.15, 0.2) is 18.6 Å². The standard InChI is InChI=1S/C18H24N6O/c25-17(13-2-1-6-19-10-13)24-9-8-23(11-18(24)4-5-18)16-14-3-7-20-15(14)21-12-22-16/h3,7,12-13,19H,1-2,4-6,8-11H2,(H,20,21,22). The van der Waals surface area contributed by atoms with Crippen LogP contribution in [-0.2, 0) is 4.79 Å². The van der Waals surface area contributed by atoms with E-state index in [1.54, 1.807) is 6.33 Å². The third-order valence-electron chi connectivity index (χ3n) is 6.02. The Morgan fingerprint density at radius 2 is 2.20 bits per heavy atom. The molecule has 3 fully saturated rings. The predicted molar refractivity (Wildman–Crippen MR) is 95.4 cm³/mol. The molecule has 3 aliphatic rings. The number of carbonyl (C=O) groups excluding carboxylic acids is 1. The predicted octanol–water partition coefficient (Wildman–Crippen LogP) is 1.14. The monoisotopic (exact) mass is 340 g/mol. The molecule has 2 N–H and O–H groups in total. The highest BCUT2D eigenvalue weighted by molar-refractivity contribution is 5.88. The Hall–Kier alpha value is -2.15. The third kappa shape index (κ3) is 2.49. The van der Waals surface area contributed by atoms with Crippen molar-refractivity contribution in [2.75, 3.05) is 37.6 Å². The number of aromatic nitrogens is 3. The summed E-state index contributed by atoms with van der Waals surface area (Å²) in [6.07, 6.45) is 7.88. The van der Waals surface area contributed by atoms with Crippen LogP contribution in [0.5, 0.6) is 0 Å². The number of anilines is 1. The fourth-order valence-corrected chi connectivity index (χ4v) is 4.47. The summed E-state index contributed by atoms with van der Waals surface area (Å²) in [7, 11) is 0. The molecule has 5 rings (SSSR count). The van der Waals surface area contributed by atoms with Crippen LogP contribution in [-0.4, -0.2) is 64.0 Å². The third-order valence-corrected chi connectivity index (χ3v) is 6.02. The van der Waals surface area contributed by atoms with E-state index in [0.29, 0.717) is 5.91 Å². The molecule has 1 aliphatic carbocycles. The Kier molecular flexibility index (Phi) is 3.45. The van der Waals surface area contributed by atoms with Gasteiger partial charge in [0.2, 0.25) is 5.91 Å². The second-order valence-electron chi connectivity index (χ2n) is 7.62. The van der Waals surface area contributed by atoms with Gasteiger partial charge < -0.3 is 20.1 Å². The molecule has 132 valence electrons. The summed E-state index contributed by atoms with van der Waals surface area (Å²) in [4.78, 5) is 29.6. The maximum absolute atomic E-state index is 13.1. The lowest BCUT2D eigenvalue weighted by atomic mass is 9.96. The van der Waals surface area contributed by atoms with E-state index in [1.807, 2.05) is 12.3 Å². The minimum atomic E-state index is 0.0281. The highest BCUT2D eigenvalue weighted by Gasteiger charge is 2.54. The van der Waals surface area contributed by atoms with E-state index in [4.69, 9.17) is 0 Å². The van der Waals surface area contributed by atoms with Crippen LogP contribution in [0, 0.1) is 5.92 Å². The van der Waals surface area contributed by atoms with Crippen molar-refractivity contribution in [3.8, 4) is 0 Å².